The first-order valence-electron chi connectivity index (χ1n) is 12.6. The van der Waals surface area contributed by atoms with Crippen LogP contribution in [0.1, 0.15) is 41.5 Å². The number of aliphatic hydroxyl groups excluding tert-OH is 2. The van der Waals surface area contributed by atoms with Gasteiger partial charge in [0.15, 0.2) is 0 Å². The second-order valence-electron chi connectivity index (χ2n) is 9.87. The zero-order valence-corrected chi connectivity index (χ0v) is 29.0. The van der Waals surface area contributed by atoms with Crippen molar-refractivity contribution in [2.24, 2.45) is 5.73 Å². The maximum atomic E-state index is 11.9. The Kier molecular flexibility index (Phi) is 23.6. The molecular formula is C21H55N4O10P3S. The Morgan fingerprint density at radius 1 is 0.923 bits per heavy atom. The van der Waals surface area contributed by atoms with Crippen molar-refractivity contribution in [2.45, 2.75) is 65.7 Å². The quantitative estimate of drug-likeness (QED) is 0.104. The first-order valence-corrected chi connectivity index (χ1v) is 21.1. The van der Waals surface area contributed by atoms with Gasteiger partial charge in [-0.3, -0.25) is 23.4 Å². The Labute approximate surface area is 236 Å². The normalized spacial score (nSPS) is 19.6. The van der Waals surface area contributed by atoms with Crippen molar-refractivity contribution < 1.29 is 45.6 Å². The molecule has 0 bridgehead atoms. The lowest BCUT2D eigenvalue weighted by Gasteiger charge is -2.17. The summed E-state index contributed by atoms with van der Waals surface area (Å²) < 4.78 is 71.8. The molecule has 14 nitrogen and oxygen atoms in total. The largest absolute Gasteiger partial charge is 0.408 e. The molecule has 1 aliphatic rings. The molecule has 0 amide bonds. The summed E-state index contributed by atoms with van der Waals surface area (Å²) in [7, 11) is -10.8. The van der Waals surface area contributed by atoms with E-state index in [1.165, 1.54) is 0 Å². The van der Waals surface area contributed by atoms with Gasteiger partial charge in [-0.1, -0.05) is 0 Å². The monoisotopic (exact) mass is 648 g/mol. The van der Waals surface area contributed by atoms with Crippen LogP contribution in [0, 0.1) is 0 Å². The molecule has 1 saturated heterocycles. The van der Waals surface area contributed by atoms with E-state index in [1.807, 2.05) is 20.8 Å². The highest BCUT2D eigenvalue weighted by Gasteiger charge is 2.46. The molecule has 0 aromatic carbocycles. The highest BCUT2D eigenvalue weighted by molar-refractivity contribution is 7.86. The molecule has 1 fully saturated rings. The minimum Gasteiger partial charge on any atom is -0.395 e. The third-order valence-corrected chi connectivity index (χ3v) is 8.93. The van der Waals surface area contributed by atoms with Crippen molar-refractivity contribution in [1.29, 1.82) is 0 Å². The van der Waals surface area contributed by atoms with Gasteiger partial charge in [-0.05, 0) is 41.5 Å². The number of nitrogens with two attached hydrogens (primary N) is 1. The molecular weight excluding hydrogens is 593 g/mol. The summed E-state index contributed by atoms with van der Waals surface area (Å²) in [4.78, 5) is 0. The molecule has 39 heavy (non-hydrogen) atoms. The van der Waals surface area contributed by atoms with Crippen LogP contribution in [0.4, 0.5) is 0 Å². The lowest BCUT2D eigenvalue weighted by atomic mass is 10.4. The van der Waals surface area contributed by atoms with Crippen molar-refractivity contribution in [3.63, 3.8) is 0 Å². The maximum absolute atomic E-state index is 11.9. The Hall–Kier alpha value is 0.280. The van der Waals surface area contributed by atoms with Crippen LogP contribution in [0.25, 0.3) is 0 Å². The lowest BCUT2D eigenvalue weighted by Crippen LogP contribution is -2.28. The maximum Gasteiger partial charge on any atom is 0.408 e. The Balaban J connectivity index is -0.000000465. The van der Waals surface area contributed by atoms with Gasteiger partial charge in [0, 0.05) is 57.4 Å². The van der Waals surface area contributed by atoms with Crippen molar-refractivity contribution >= 4 is 32.4 Å². The van der Waals surface area contributed by atoms with Crippen molar-refractivity contribution in [3.05, 3.63) is 0 Å². The molecule has 6 N–H and O–H groups in total. The van der Waals surface area contributed by atoms with E-state index in [1.54, 1.807) is 52.1 Å². The van der Waals surface area contributed by atoms with E-state index in [-0.39, 0.29) is 37.9 Å². The fourth-order valence-electron chi connectivity index (χ4n) is 2.44. The second-order valence-corrected chi connectivity index (χ2v) is 19.4. The van der Waals surface area contributed by atoms with Gasteiger partial charge in [-0.15, -0.1) is 0 Å². The predicted molar refractivity (Wildman–Crippen MR) is 160 cm³/mol. The summed E-state index contributed by atoms with van der Waals surface area (Å²) in [5, 5.41) is 22.1. The van der Waals surface area contributed by atoms with Gasteiger partial charge in [0.1, 0.15) is 14.6 Å². The van der Waals surface area contributed by atoms with Gasteiger partial charge in [0.25, 0.3) is 10.1 Å². The SMILES string of the molecule is CC(CO)NP(C)(C)=O.CC(COS(C)(=O)=O)NP(C)(C)=O.CC(N)CO.CCOP(=O)(OCC)N1CC1C. The van der Waals surface area contributed by atoms with E-state index in [2.05, 4.69) is 14.4 Å². The van der Waals surface area contributed by atoms with Gasteiger partial charge in [0.2, 0.25) is 0 Å². The summed E-state index contributed by atoms with van der Waals surface area (Å²) in [6.45, 7) is 19.1. The number of aliphatic hydroxyl groups is 2. The Morgan fingerprint density at radius 2 is 1.28 bits per heavy atom. The Bertz CT molecular complexity index is 873. The lowest BCUT2D eigenvalue weighted by molar-refractivity contribution is 0.195. The summed E-state index contributed by atoms with van der Waals surface area (Å²) in [5.74, 6) is 0. The molecule has 0 saturated carbocycles. The van der Waals surface area contributed by atoms with Gasteiger partial charge >= 0.3 is 7.75 Å². The third-order valence-electron chi connectivity index (χ3n) is 3.88. The summed E-state index contributed by atoms with van der Waals surface area (Å²) in [6.07, 6.45) is 0.983. The van der Waals surface area contributed by atoms with Crippen LogP contribution in [-0.4, -0.2) is 120 Å². The summed E-state index contributed by atoms with van der Waals surface area (Å²) >= 11 is 0. The molecule has 0 aromatic rings. The van der Waals surface area contributed by atoms with Gasteiger partial charge in [0.05, 0.1) is 39.3 Å². The molecule has 18 heteroatoms. The third kappa shape index (κ3) is 31.1. The van der Waals surface area contributed by atoms with Crippen LogP contribution < -0.4 is 15.9 Å². The molecule has 1 heterocycles. The zero-order chi connectivity index (χ0) is 31.7. The molecule has 0 aliphatic carbocycles. The van der Waals surface area contributed by atoms with Gasteiger partial charge < -0.3 is 25.1 Å². The van der Waals surface area contributed by atoms with E-state index < -0.39 is 32.4 Å². The molecule has 5 atom stereocenters. The van der Waals surface area contributed by atoms with Crippen molar-refractivity contribution in [3.8, 4) is 0 Å². The van der Waals surface area contributed by atoms with Crippen LogP contribution in [-0.2, 0) is 37.0 Å². The van der Waals surface area contributed by atoms with E-state index in [0.29, 0.717) is 19.3 Å². The van der Waals surface area contributed by atoms with Crippen LogP contribution in [0.15, 0.2) is 0 Å². The summed E-state index contributed by atoms with van der Waals surface area (Å²) in [6, 6.07) is -0.0228. The minimum absolute atomic E-state index is 0.00447. The Morgan fingerprint density at radius 3 is 1.49 bits per heavy atom. The van der Waals surface area contributed by atoms with Crippen LogP contribution in [0.3, 0.4) is 0 Å². The number of rotatable bonds is 14. The van der Waals surface area contributed by atoms with E-state index >= 15 is 0 Å². The van der Waals surface area contributed by atoms with Crippen molar-refractivity contribution in [1.82, 2.24) is 14.8 Å². The molecule has 5 unspecified atom stereocenters. The fraction of sp³-hybridized carbons (Fsp3) is 1.00. The molecule has 0 aromatic heterocycles. The number of nitrogens with one attached hydrogen (secondary N) is 2. The van der Waals surface area contributed by atoms with Crippen LogP contribution in [0.2, 0.25) is 0 Å². The second kappa shape index (κ2) is 21.0. The van der Waals surface area contributed by atoms with Gasteiger partial charge in [-0.2, -0.15) is 8.42 Å². The standard InChI is InChI=1S/C7H16NO3P.C6H16NO4PS.C5H14NO2P.C3H9NO/c1-4-10-12(9,11-5-2)8-6-7(8)3;1-6(7-12(2,3)8)5-11-13(4,9)10;1-5(4-7)6-9(2,3)8;1-3(4)2-5/h7H,4-6H2,1-3H3;6H,5H2,1-4H3,(H,7,8);5,7H,4H2,1-3H3,(H,6,8);3,5H,2,4H2,1H3. The van der Waals surface area contributed by atoms with Crippen LogP contribution in [0.5, 0.6) is 0 Å². The molecule has 0 radical (unpaired) electrons. The predicted octanol–water partition coefficient (Wildman–Crippen LogP) is 2.17. The highest BCUT2D eigenvalue weighted by Crippen LogP contribution is 2.58. The van der Waals surface area contributed by atoms with E-state index in [0.717, 1.165) is 12.8 Å². The van der Waals surface area contributed by atoms with Crippen LogP contribution >= 0.6 is 22.3 Å². The molecule has 1 aliphatic heterocycles. The molecule has 240 valence electrons. The number of hydrogen-bond acceptors (Lipinski definition) is 11. The average molecular weight is 649 g/mol. The highest BCUT2D eigenvalue weighted by atomic mass is 32.2. The molecule has 0 spiro atoms. The minimum atomic E-state index is -3.40. The number of nitrogens with zero attached hydrogens (tertiary/aromatic N) is 1. The van der Waals surface area contributed by atoms with Crippen molar-refractivity contribution in [2.75, 3.05) is 72.5 Å². The fourth-order valence-corrected chi connectivity index (χ4v) is 7.12. The first kappa shape index (κ1) is 43.7. The smallest absolute Gasteiger partial charge is 0.395 e. The van der Waals surface area contributed by atoms with E-state index in [9.17, 15) is 22.1 Å². The average Bonchev–Trinajstić information content (AvgIpc) is 3.49. The zero-order valence-electron chi connectivity index (χ0n) is 25.5. The van der Waals surface area contributed by atoms with E-state index in [4.69, 9.17) is 25.0 Å². The number of hydrogen-bond donors (Lipinski definition) is 5. The topological polar surface area (TPSA) is 207 Å². The summed E-state index contributed by atoms with van der Waals surface area (Å²) in [5.41, 5.74) is 5.04. The van der Waals surface area contributed by atoms with Gasteiger partial charge in [-0.25, -0.2) is 9.24 Å². The first-order chi connectivity index (χ1) is 17.5. The molecule has 1 rings (SSSR count).